The average Bonchev–Trinajstić information content (AvgIpc) is 2.42. The summed E-state index contributed by atoms with van der Waals surface area (Å²) in [5.41, 5.74) is 2.13. The fourth-order valence-corrected chi connectivity index (χ4v) is 1.75. The maximum absolute atomic E-state index is 13.5. The second-order valence-corrected chi connectivity index (χ2v) is 4.39. The molecule has 0 unspecified atom stereocenters. The number of aromatic nitrogens is 1. The lowest BCUT2D eigenvalue weighted by Gasteiger charge is -2.07. The van der Waals surface area contributed by atoms with Gasteiger partial charge < -0.3 is 5.32 Å². The van der Waals surface area contributed by atoms with Gasteiger partial charge in [-0.25, -0.2) is 4.39 Å². The van der Waals surface area contributed by atoms with Crippen molar-refractivity contribution in [1.82, 2.24) is 4.98 Å². The molecule has 0 saturated carbocycles. The van der Waals surface area contributed by atoms with Gasteiger partial charge in [0.25, 0.3) is 0 Å². The molecular weight excluding hydrogens is 243 g/mol. The highest BCUT2D eigenvalue weighted by atomic mass is 19.1. The van der Waals surface area contributed by atoms with Crippen LogP contribution in [-0.2, 0) is 11.2 Å². The maximum Gasteiger partial charge on any atom is 0.224 e. The van der Waals surface area contributed by atoms with Crippen molar-refractivity contribution in [2.24, 2.45) is 0 Å². The molecule has 0 saturated heterocycles. The van der Waals surface area contributed by atoms with Crippen LogP contribution in [0.5, 0.6) is 0 Å². The lowest BCUT2D eigenvalue weighted by atomic mass is 10.1. The second kappa shape index (κ2) is 6.09. The van der Waals surface area contributed by atoms with Crippen LogP contribution in [0.1, 0.15) is 17.5 Å². The van der Waals surface area contributed by atoms with E-state index in [1.165, 1.54) is 6.07 Å². The zero-order valence-corrected chi connectivity index (χ0v) is 10.7. The van der Waals surface area contributed by atoms with E-state index >= 15 is 0 Å². The van der Waals surface area contributed by atoms with Crippen LogP contribution < -0.4 is 5.32 Å². The third kappa shape index (κ3) is 3.88. The molecule has 19 heavy (non-hydrogen) atoms. The highest BCUT2D eigenvalue weighted by Gasteiger charge is 2.07. The van der Waals surface area contributed by atoms with Gasteiger partial charge in [-0.15, -0.1) is 0 Å². The fraction of sp³-hybridized carbons (Fsp3) is 0.200. The molecule has 0 fully saturated rings. The number of rotatable bonds is 4. The van der Waals surface area contributed by atoms with Crippen molar-refractivity contribution < 1.29 is 9.18 Å². The van der Waals surface area contributed by atoms with Gasteiger partial charge in [0.2, 0.25) is 5.91 Å². The van der Waals surface area contributed by atoms with Crippen LogP contribution in [0.15, 0.2) is 42.7 Å². The zero-order chi connectivity index (χ0) is 13.7. The first kappa shape index (κ1) is 13.2. The lowest BCUT2D eigenvalue weighted by Crippen LogP contribution is -2.13. The Morgan fingerprint density at radius 1 is 1.37 bits per heavy atom. The minimum absolute atomic E-state index is 0.201. The lowest BCUT2D eigenvalue weighted by molar-refractivity contribution is -0.116. The Morgan fingerprint density at radius 3 is 2.95 bits per heavy atom. The maximum atomic E-state index is 13.5. The van der Waals surface area contributed by atoms with Gasteiger partial charge >= 0.3 is 0 Å². The van der Waals surface area contributed by atoms with Crippen molar-refractivity contribution in [2.45, 2.75) is 19.8 Å². The Morgan fingerprint density at radius 2 is 2.21 bits per heavy atom. The normalized spacial score (nSPS) is 10.2. The number of carbonyl (C=O) groups is 1. The first-order valence-electron chi connectivity index (χ1n) is 6.10. The van der Waals surface area contributed by atoms with Crippen molar-refractivity contribution >= 4 is 11.6 Å². The molecule has 1 aromatic carbocycles. The largest absolute Gasteiger partial charge is 0.324 e. The predicted octanol–water partition coefficient (Wildman–Crippen LogP) is 3.10. The van der Waals surface area contributed by atoms with Gasteiger partial charge in [-0.05, 0) is 42.7 Å². The van der Waals surface area contributed by atoms with E-state index in [1.807, 2.05) is 19.1 Å². The number of carbonyl (C=O) groups excluding carboxylic acids is 1. The van der Waals surface area contributed by atoms with E-state index < -0.39 is 5.82 Å². The Labute approximate surface area is 111 Å². The van der Waals surface area contributed by atoms with Crippen LogP contribution >= 0.6 is 0 Å². The molecule has 2 aromatic rings. The van der Waals surface area contributed by atoms with E-state index in [1.54, 1.807) is 24.5 Å². The molecule has 4 heteroatoms. The van der Waals surface area contributed by atoms with Crippen molar-refractivity contribution in [3.8, 4) is 0 Å². The van der Waals surface area contributed by atoms with Gasteiger partial charge in [-0.2, -0.15) is 0 Å². The molecule has 0 spiro atoms. The van der Waals surface area contributed by atoms with Gasteiger partial charge in [0.05, 0.1) is 5.69 Å². The number of anilines is 1. The molecule has 1 amide bonds. The molecule has 0 radical (unpaired) electrons. The predicted molar refractivity (Wildman–Crippen MR) is 72.3 cm³/mol. The minimum atomic E-state index is -0.416. The molecule has 1 heterocycles. The van der Waals surface area contributed by atoms with Crippen LogP contribution in [0.25, 0.3) is 0 Å². The molecular formula is C15H15FN2O. The van der Waals surface area contributed by atoms with Crippen LogP contribution in [0.2, 0.25) is 0 Å². The van der Waals surface area contributed by atoms with Crippen molar-refractivity contribution in [3.05, 3.63) is 59.7 Å². The zero-order valence-electron chi connectivity index (χ0n) is 10.7. The number of benzene rings is 1. The van der Waals surface area contributed by atoms with Crippen molar-refractivity contribution in [3.63, 3.8) is 0 Å². The Kier molecular flexibility index (Phi) is 4.23. The standard InChI is InChI=1S/C15H15FN2O/c1-11-4-6-13(16)14(9-11)18-15(19)7-5-12-3-2-8-17-10-12/h2-4,6,8-10H,5,7H2,1H3,(H,18,19). The first-order chi connectivity index (χ1) is 9.15. The number of nitrogens with zero attached hydrogens (tertiary/aromatic N) is 1. The van der Waals surface area contributed by atoms with Crippen LogP contribution in [-0.4, -0.2) is 10.9 Å². The summed E-state index contributed by atoms with van der Waals surface area (Å²) in [5.74, 6) is -0.617. The van der Waals surface area contributed by atoms with Gasteiger partial charge in [0, 0.05) is 18.8 Å². The smallest absolute Gasteiger partial charge is 0.224 e. The third-order valence-corrected chi connectivity index (χ3v) is 2.76. The minimum Gasteiger partial charge on any atom is -0.324 e. The molecule has 0 aliphatic heterocycles. The van der Waals surface area contributed by atoms with E-state index in [2.05, 4.69) is 10.3 Å². The van der Waals surface area contributed by atoms with Crippen molar-refractivity contribution in [2.75, 3.05) is 5.32 Å². The number of hydrogen-bond donors (Lipinski definition) is 1. The van der Waals surface area contributed by atoms with Gasteiger partial charge in [0.1, 0.15) is 5.82 Å². The summed E-state index contributed by atoms with van der Waals surface area (Å²) in [7, 11) is 0. The number of aryl methyl sites for hydroxylation is 2. The second-order valence-electron chi connectivity index (χ2n) is 4.39. The summed E-state index contributed by atoms with van der Waals surface area (Å²) < 4.78 is 13.5. The summed E-state index contributed by atoms with van der Waals surface area (Å²) >= 11 is 0. The molecule has 1 N–H and O–H groups in total. The quantitative estimate of drug-likeness (QED) is 0.915. The van der Waals surface area contributed by atoms with Crippen LogP contribution in [0, 0.1) is 12.7 Å². The average molecular weight is 258 g/mol. The van der Waals surface area contributed by atoms with Gasteiger partial charge in [0.15, 0.2) is 0 Å². The highest BCUT2D eigenvalue weighted by Crippen LogP contribution is 2.16. The highest BCUT2D eigenvalue weighted by molar-refractivity contribution is 5.91. The molecule has 3 nitrogen and oxygen atoms in total. The molecule has 0 atom stereocenters. The van der Waals surface area contributed by atoms with E-state index in [4.69, 9.17) is 0 Å². The first-order valence-corrected chi connectivity index (χ1v) is 6.10. The fourth-order valence-electron chi connectivity index (χ4n) is 1.75. The molecule has 0 bridgehead atoms. The van der Waals surface area contributed by atoms with Crippen LogP contribution in [0.4, 0.5) is 10.1 Å². The summed E-state index contributed by atoms with van der Waals surface area (Å²) in [5, 5.41) is 2.59. The van der Waals surface area contributed by atoms with Gasteiger partial charge in [-0.3, -0.25) is 9.78 Å². The number of pyridine rings is 1. The Hall–Kier alpha value is -2.23. The van der Waals surface area contributed by atoms with E-state index in [9.17, 15) is 9.18 Å². The molecule has 1 aromatic heterocycles. The van der Waals surface area contributed by atoms with Crippen LogP contribution in [0.3, 0.4) is 0 Å². The number of hydrogen-bond acceptors (Lipinski definition) is 2. The summed E-state index contributed by atoms with van der Waals surface area (Å²) in [6.45, 7) is 1.85. The van der Waals surface area contributed by atoms with Crippen molar-refractivity contribution in [1.29, 1.82) is 0 Å². The van der Waals surface area contributed by atoms with E-state index in [0.717, 1.165) is 11.1 Å². The Bertz CT molecular complexity index is 570. The monoisotopic (exact) mass is 258 g/mol. The van der Waals surface area contributed by atoms with Gasteiger partial charge in [-0.1, -0.05) is 12.1 Å². The van der Waals surface area contributed by atoms with E-state index in [0.29, 0.717) is 12.8 Å². The summed E-state index contributed by atoms with van der Waals surface area (Å²) in [6.07, 6.45) is 4.30. The molecule has 0 aliphatic carbocycles. The Balaban J connectivity index is 1.93. The third-order valence-electron chi connectivity index (χ3n) is 2.76. The molecule has 0 aliphatic rings. The summed E-state index contributed by atoms with van der Waals surface area (Å²) in [4.78, 5) is 15.7. The summed E-state index contributed by atoms with van der Waals surface area (Å²) in [6, 6.07) is 8.38. The number of halogens is 1. The van der Waals surface area contributed by atoms with E-state index in [-0.39, 0.29) is 11.6 Å². The SMILES string of the molecule is Cc1ccc(F)c(NC(=O)CCc2cccnc2)c1. The molecule has 2 rings (SSSR count). The topological polar surface area (TPSA) is 42.0 Å². The molecule has 98 valence electrons. The number of nitrogens with one attached hydrogen (secondary N) is 1. The number of amides is 1.